The molecule has 0 aliphatic heterocycles. The highest BCUT2D eigenvalue weighted by molar-refractivity contribution is 5.45. The predicted molar refractivity (Wildman–Crippen MR) is 80.7 cm³/mol. The van der Waals surface area contributed by atoms with E-state index in [4.69, 9.17) is 5.73 Å². The highest BCUT2D eigenvalue weighted by atomic mass is 16.6. The summed E-state index contributed by atoms with van der Waals surface area (Å²) in [5.41, 5.74) is 8.38. The molecule has 0 amide bonds. The van der Waals surface area contributed by atoms with Gasteiger partial charge in [0.25, 0.3) is 5.69 Å². The summed E-state index contributed by atoms with van der Waals surface area (Å²) in [7, 11) is 0. The van der Waals surface area contributed by atoms with Gasteiger partial charge in [-0.3, -0.25) is 10.1 Å². The minimum Gasteiger partial charge on any atom is -0.325 e. The summed E-state index contributed by atoms with van der Waals surface area (Å²) >= 11 is 0. The van der Waals surface area contributed by atoms with Crippen molar-refractivity contribution in [2.24, 2.45) is 11.7 Å². The van der Waals surface area contributed by atoms with Gasteiger partial charge in [-0.25, -0.2) is 0 Å². The van der Waals surface area contributed by atoms with Gasteiger partial charge >= 0.3 is 0 Å². The van der Waals surface area contributed by atoms with Crippen molar-refractivity contribution < 1.29 is 4.92 Å². The largest absolute Gasteiger partial charge is 0.325 e. The van der Waals surface area contributed by atoms with Crippen LogP contribution in [-0.4, -0.2) is 10.5 Å². The summed E-state index contributed by atoms with van der Waals surface area (Å²) in [4.78, 5) is 10.7. The summed E-state index contributed by atoms with van der Waals surface area (Å²) < 4.78 is 0. The van der Waals surface area contributed by atoms with Gasteiger partial charge in [-0.05, 0) is 37.7 Å². The standard InChI is InChI=1S/C16H24N2O2/c1-3-13-6-5-9-16(17,10-13)11-14-7-4-8-15(12(14)2)18(19)20/h4,7-8,13H,3,5-6,9-11,17H2,1-2H3. The van der Waals surface area contributed by atoms with Crippen LogP contribution in [0, 0.1) is 23.0 Å². The Hall–Kier alpha value is -1.42. The van der Waals surface area contributed by atoms with Crippen molar-refractivity contribution in [2.75, 3.05) is 0 Å². The Morgan fingerprint density at radius 2 is 2.25 bits per heavy atom. The van der Waals surface area contributed by atoms with Crippen LogP contribution in [0.1, 0.15) is 50.2 Å². The van der Waals surface area contributed by atoms with Crippen LogP contribution in [0.3, 0.4) is 0 Å². The number of hydrogen-bond donors (Lipinski definition) is 1. The summed E-state index contributed by atoms with van der Waals surface area (Å²) in [6, 6.07) is 5.31. The summed E-state index contributed by atoms with van der Waals surface area (Å²) in [6.45, 7) is 4.05. The molecular formula is C16H24N2O2. The van der Waals surface area contributed by atoms with Crippen molar-refractivity contribution in [1.82, 2.24) is 0 Å². The number of rotatable bonds is 4. The number of nitrogens with two attached hydrogens (primary N) is 1. The molecule has 4 heteroatoms. The van der Waals surface area contributed by atoms with E-state index in [1.165, 1.54) is 19.3 Å². The summed E-state index contributed by atoms with van der Waals surface area (Å²) in [6.07, 6.45) is 6.41. The molecule has 1 saturated carbocycles. The average Bonchev–Trinajstić information content (AvgIpc) is 2.40. The van der Waals surface area contributed by atoms with Gasteiger partial charge in [0.15, 0.2) is 0 Å². The molecule has 0 spiro atoms. The van der Waals surface area contributed by atoms with E-state index in [0.717, 1.165) is 30.4 Å². The second-order valence-corrected chi connectivity index (χ2v) is 6.23. The predicted octanol–water partition coefficient (Wildman–Crippen LogP) is 3.74. The fourth-order valence-corrected chi connectivity index (χ4v) is 3.47. The van der Waals surface area contributed by atoms with Crippen LogP contribution in [0.25, 0.3) is 0 Å². The van der Waals surface area contributed by atoms with Gasteiger partial charge in [-0.1, -0.05) is 38.3 Å². The second-order valence-electron chi connectivity index (χ2n) is 6.23. The minimum atomic E-state index is -0.308. The molecule has 1 aromatic carbocycles. The third kappa shape index (κ3) is 3.18. The maximum absolute atomic E-state index is 11.0. The number of benzene rings is 1. The van der Waals surface area contributed by atoms with E-state index in [-0.39, 0.29) is 16.1 Å². The molecule has 2 unspecified atom stereocenters. The Balaban J connectivity index is 2.21. The smallest absolute Gasteiger partial charge is 0.272 e. The fourth-order valence-electron chi connectivity index (χ4n) is 3.47. The molecule has 4 nitrogen and oxygen atoms in total. The lowest BCUT2D eigenvalue weighted by molar-refractivity contribution is -0.385. The Morgan fingerprint density at radius 1 is 1.50 bits per heavy atom. The number of nitrogens with zero attached hydrogens (tertiary/aromatic N) is 1. The molecule has 0 heterocycles. The summed E-state index contributed by atoms with van der Waals surface area (Å²) in [5.74, 6) is 0.702. The molecule has 2 atom stereocenters. The number of nitro groups is 1. The van der Waals surface area contributed by atoms with Crippen molar-refractivity contribution >= 4 is 5.69 Å². The molecule has 0 aromatic heterocycles. The molecule has 1 aliphatic carbocycles. The third-order valence-electron chi connectivity index (χ3n) is 4.72. The first-order valence-electron chi connectivity index (χ1n) is 7.47. The van der Waals surface area contributed by atoms with Gasteiger partial charge < -0.3 is 5.73 Å². The molecule has 0 radical (unpaired) electrons. The normalized spacial score (nSPS) is 26.4. The molecule has 0 saturated heterocycles. The fraction of sp³-hybridized carbons (Fsp3) is 0.625. The Labute approximate surface area is 120 Å². The molecule has 1 aromatic rings. The van der Waals surface area contributed by atoms with Crippen molar-refractivity contribution in [2.45, 2.75) is 57.9 Å². The molecule has 20 heavy (non-hydrogen) atoms. The summed E-state index contributed by atoms with van der Waals surface area (Å²) in [5, 5.41) is 11.0. The zero-order chi connectivity index (χ0) is 14.8. The molecule has 1 fully saturated rings. The number of hydrogen-bond acceptors (Lipinski definition) is 3. The molecular weight excluding hydrogens is 252 g/mol. The second kappa shape index (κ2) is 5.92. The van der Waals surface area contributed by atoms with Crippen LogP contribution in [0.2, 0.25) is 0 Å². The van der Waals surface area contributed by atoms with E-state index >= 15 is 0 Å². The van der Waals surface area contributed by atoms with Gasteiger partial charge in [0.1, 0.15) is 0 Å². The van der Waals surface area contributed by atoms with E-state index in [1.807, 2.05) is 13.0 Å². The lowest BCUT2D eigenvalue weighted by Gasteiger charge is -2.38. The first-order valence-corrected chi connectivity index (χ1v) is 7.47. The van der Waals surface area contributed by atoms with E-state index in [9.17, 15) is 10.1 Å². The SMILES string of the molecule is CCC1CCCC(N)(Cc2cccc([N+](=O)[O-])c2C)C1. The lowest BCUT2D eigenvalue weighted by Crippen LogP contribution is -2.46. The number of nitro benzene ring substituents is 1. The molecule has 2 rings (SSSR count). The maximum atomic E-state index is 11.0. The topological polar surface area (TPSA) is 69.2 Å². The Kier molecular flexibility index (Phi) is 4.43. The van der Waals surface area contributed by atoms with Gasteiger partial charge in [0.05, 0.1) is 4.92 Å². The lowest BCUT2D eigenvalue weighted by atomic mass is 9.72. The molecule has 2 N–H and O–H groups in total. The maximum Gasteiger partial charge on any atom is 0.272 e. The van der Waals surface area contributed by atoms with Crippen LogP contribution in [0.15, 0.2) is 18.2 Å². The van der Waals surface area contributed by atoms with Crippen molar-refractivity contribution in [3.63, 3.8) is 0 Å². The van der Waals surface area contributed by atoms with E-state index < -0.39 is 0 Å². The first-order chi connectivity index (χ1) is 9.45. The average molecular weight is 276 g/mol. The third-order valence-corrected chi connectivity index (χ3v) is 4.72. The van der Waals surface area contributed by atoms with Crippen molar-refractivity contribution in [1.29, 1.82) is 0 Å². The Morgan fingerprint density at radius 3 is 2.90 bits per heavy atom. The van der Waals surface area contributed by atoms with Crippen molar-refractivity contribution in [3.8, 4) is 0 Å². The van der Waals surface area contributed by atoms with Gasteiger partial charge in [-0.15, -0.1) is 0 Å². The minimum absolute atomic E-state index is 0.196. The van der Waals surface area contributed by atoms with Crippen LogP contribution in [0.4, 0.5) is 5.69 Å². The van der Waals surface area contributed by atoms with E-state index in [2.05, 4.69) is 6.92 Å². The van der Waals surface area contributed by atoms with Crippen molar-refractivity contribution in [3.05, 3.63) is 39.4 Å². The highest BCUT2D eigenvalue weighted by Gasteiger charge is 2.33. The zero-order valence-corrected chi connectivity index (χ0v) is 12.4. The molecule has 110 valence electrons. The van der Waals surface area contributed by atoms with E-state index in [0.29, 0.717) is 5.92 Å². The van der Waals surface area contributed by atoms with Crippen LogP contribution < -0.4 is 5.73 Å². The quantitative estimate of drug-likeness (QED) is 0.672. The van der Waals surface area contributed by atoms with Crippen LogP contribution in [-0.2, 0) is 6.42 Å². The van der Waals surface area contributed by atoms with E-state index in [1.54, 1.807) is 12.1 Å². The molecule has 1 aliphatic rings. The van der Waals surface area contributed by atoms with Crippen LogP contribution in [0.5, 0.6) is 0 Å². The molecule has 0 bridgehead atoms. The van der Waals surface area contributed by atoms with Gasteiger partial charge in [0, 0.05) is 17.2 Å². The first kappa shape index (κ1) is 15.0. The zero-order valence-electron chi connectivity index (χ0n) is 12.4. The highest BCUT2D eigenvalue weighted by Crippen LogP contribution is 2.36. The van der Waals surface area contributed by atoms with Gasteiger partial charge in [0.2, 0.25) is 0 Å². The van der Waals surface area contributed by atoms with Crippen LogP contribution >= 0.6 is 0 Å². The van der Waals surface area contributed by atoms with Gasteiger partial charge in [-0.2, -0.15) is 0 Å². The Bertz CT molecular complexity index is 501. The monoisotopic (exact) mass is 276 g/mol.